The van der Waals surface area contributed by atoms with Gasteiger partial charge in [-0.25, -0.2) is 4.98 Å². The molecule has 0 unspecified atom stereocenters. The lowest BCUT2D eigenvalue weighted by atomic mass is 10.2. The fraction of sp³-hybridized carbons (Fsp3) is 0.611. The minimum absolute atomic E-state index is 0.225. The Kier molecular flexibility index (Phi) is 7.01. The van der Waals surface area contributed by atoms with Crippen molar-refractivity contribution in [3.63, 3.8) is 0 Å². The molecule has 1 aliphatic rings. The summed E-state index contributed by atoms with van der Waals surface area (Å²) in [7, 11) is 0. The molecule has 0 N–H and O–H groups in total. The minimum atomic E-state index is 0.225. The monoisotopic (exact) mass is 329 g/mol. The summed E-state index contributed by atoms with van der Waals surface area (Å²) in [4.78, 5) is 23.1. The van der Waals surface area contributed by atoms with E-state index in [1.807, 2.05) is 4.90 Å². The van der Waals surface area contributed by atoms with Crippen LogP contribution in [0.1, 0.15) is 32.3 Å². The lowest BCUT2D eigenvalue weighted by Crippen LogP contribution is -2.50. The van der Waals surface area contributed by atoms with Gasteiger partial charge in [0.1, 0.15) is 11.9 Å². The molecule has 6 nitrogen and oxygen atoms in total. The fourth-order valence-electron chi connectivity index (χ4n) is 3.05. The maximum atomic E-state index is 12.5. The SMILES string of the molecule is CCCN(CCC)C(=O)CN1CCN(c2ncccc2C#N)CC1. The van der Waals surface area contributed by atoms with E-state index >= 15 is 0 Å². The first-order valence-electron chi connectivity index (χ1n) is 8.79. The van der Waals surface area contributed by atoms with E-state index in [1.54, 1.807) is 18.3 Å². The highest BCUT2D eigenvalue weighted by Gasteiger charge is 2.23. The van der Waals surface area contributed by atoms with Crippen LogP contribution in [-0.4, -0.2) is 66.5 Å². The van der Waals surface area contributed by atoms with Crippen LogP contribution in [-0.2, 0) is 4.79 Å². The van der Waals surface area contributed by atoms with Gasteiger partial charge in [0.05, 0.1) is 12.1 Å². The molecule has 130 valence electrons. The number of pyridine rings is 1. The minimum Gasteiger partial charge on any atom is -0.353 e. The number of nitrogens with zero attached hydrogens (tertiary/aromatic N) is 5. The summed E-state index contributed by atoms with van der Waals surface area (Å²) in [6.45, 7) is 9.60. The Hall–Kier alpha value is -2.13. The van der Waals surface area contributed by atoms with E-state index < -0.39 is 0 Å². The highest BCUT2D eigenvalue weighted by molar-refractivity contribution is 5.78. The van der Waals surface area contributed by atoms with E-state index in [1.165, 1.54) is 0 Å². The summed E-state index contributed by atoms with van der Waals surface area (Å²) in [5.74, 6) is 0.979. The number of carbonyl (C=O) groups excluding carboxylic acids is 1. The van der Waals surface area contributed by atoms with E-state index in [0.29, 0.717) is 12.1 Å². The van der Waals surface area contributed by atoms with E-state index in [-0.39, 0.29) is 5.91 Å². The van der Waals surface area contributed by atoms with E-state index in [4.69, 9.17) is 0 Å². The zero-order chi connectivity index (χ0) is 17.4. The molecular weight excluding hydrogens is 302 g/mol. The van der Waals surface area contributed by atoms with Gasteiger partial charge >= 0.3 is 0 Å². The van der Waals surface area contributed by atoms with Crippen LogP contribution in [0.5, 0.6) is 0 Å². The van der Waals surface area contributed by atoms with Crippen LogP contribution >= 0.6 is 0 Å². The van der Waals surface area contributed by atoms with Gasteiger partial charge in [-0.3, -0.25) is 9.69 Å². The highest BCUT2D eigenvalue weighted by Crippen LogP contribution is 2.18. The molecule has 0 saturated carbocycles. The predicted molar refractivity (Wildman–Crippen MR) is 94.8 cm³/mol. The second-order valence-electron chi connectivity index (χ2n) is 6.13. The van der Waals surface area contributed by atoms with Crippen molar-refractivity contribution < 1.29 is 4.79 Å². The van der Waals surface area contributed by atoms with Crippen molar-refractivity contribution in [2.45, 2.75) is 26.7 Å². The van der Waals surface area contributed by atoms with Crippen LogP contribution in [0, 0.1) is 11.3 Å². The Morgan fingerprint density at radius 1 is 1.25 bits per heavy atom. The van der Waals surface area contributed by atoms with Crippen LogP contribution in [0.2, 0.25) is 0 Å². The van der Waals surface area contributed by atoms with Gasteiger partial charge < -0.3 is 9.80 Å². The van der Waals surface area contributed by atoms with Gasteiger partial charge in [0, 0.05) is 45.5 Å². The van der Waals surface area contributed by atoms with Crippen molar-refractivity contribution in [2.75, 3.05) is 50.7 Å². The first kappa shape index (κ1) is 18.2. The third-order valence-corrected chi connectivity index (χ3v) is 4.28. The lowest BCUT2D eigenvalue weighted by Gasteiger charge is -2.36. The smallest absolute Gasteiger partial charge is 0.236 e. The van der Waals surface area contributed by atoms with Crippen LogP contribution < -0.4 is 4.90 Å². The largest absolute Gasteiger partial charge is 0.353 e. The maximum Gasteiger partial charge on any atom is 0.236 e. The summed E-state index contributed by atoms with van der Waals surface area (Å²) in [6, 6.07) is 5.78. The molecule has 0 aliphatic carbocycles. The Morgan fingerprint density at radius 2 is 1.92 bits per heavy atom. The predicted octanol–water partition coefficient (Wildman–Crippen LogP) is 1.72. The van der Waals surface area contributed by atoms with Gasteiger partial charge in [-0.1, -0.05) is 13.8 Å². The lowest BCUT2D eigenvalue weighted by molar-refractivity contribution is -0.132. The summed E-state index contributed by atoms with van der Waals surface area (Å²) >= 11 is 0. The van der Waals surface area contributed by atoms with Gasteiger partial charge in [0.2, 0.25) is 5.91 Å². The molecule has 1 aliphatic heterocycles. The molecule has 0 bridgehead atoms. The van der Waals surface area contributed by atoms with Gasteiger partial charge in [0.15, 0.2) is 0 Å². The maximum absolute atomic E-state index is 12.5. The number of carbonyl (C=O) groups is 1. The third kappa shape index (κ3) is 4.68. The van der Waals surface area contributed by atoms with Crippen LogP contribution in [0.25, 0.3) is 0 Å². The Labute approximate surface area is 144 Å². The number of anilines is 1. The number of aromatic nitrogens is 1. The molecule has 0 atom stereocenters. The average Bonchev–Trinajstić information content (AvgIpc) is 2.62. The molecule has 24 heavy (non-hydrogen) atoms. The number of nitriles is 1. The average molecular weight is 329 g/mol. The Balaban J connectivity index is 1.88. The number of rotatable bonds is 7. The van der Waals surface area contributed by atoms with Crippen molar-refractivity contribution in [1.82, 2.24) is 14.8 Å². The molecule has 0 aromatic carbocycles. The molecule has 1 aromatic rings. The van der Waals surface area contributed by atoms with Crippen molar-refractivity contribution in [3.05, 3.63) is 23.9 Å². The molecule has 1 saturated heterocycles. The molecule has 0 spiro atoms. The molecule has 2 heterocycles. The molecule has 2 rings (SSSR count). The highest BCUT2D eigenvalue weighted by atomic mass is 16.2. The molecule has 1 fully saturated rings. The second-order valence-corrected chi connectivity index (χ2v) is 6.13. The molecule has 1 amide bonds. The first-order chi connectivity index (χ1) is 11.7. The summed E-state index contributed by atoms with van der Waals surface area (Å²) in [5, 5.41) is 9.20. The zero-order valence-electron chi connectivity index (χ0n) is 14.7. The second kappa shape index (κ2) is 9.24. The van der Waals surface area contributed by atoms with Gasteiger partial charge in [0.25, 0.3) is 0 Å². The summed E-state index contributed by atoms with van der Waals surface area (Å²) in [6.07, 6.45) is 3.71. The van der Waals surface area contributed by atoms with Crippen LogP contribution in [0.4, 0.5) is 5.82 Å². The van der Waals surface area contributed by atoms with Gasteiger partial charge in [-0.05, 0) is 25.0 Å². The topological polar surface area (TPSA) is 63.5 Å². The van der Waals surface area contributed by atoms with Crippen LogP contribution in [0.15, 0.2) is 18.3 Å². The van der Waals surface area contributed by atoms with Crippen molar-refractivity contribution in [1.29, 1.82) is 5.26 Å². The molecule has 1 aromatic heterocycles. The summed E-state index contributed by atoms with van der Waals surface area (Å²) in [5.41, 5.74) is 0.610. The Morgan fingerprint density at radius 3 is 2.50 bits per heavy atom. The van der Waals surface area contributed by atoms with Gasteiger partial charge in [-0.2, -0.15) is 5.26 Å². The normalized spacial score (nSPS) is 15.1. The van der Waals surface area contributed by atoms with E-state index in [2.05, 4.69) is 34.7 Å². The number of piperazine rings is 1. The fourth-order valence-corrected chi connectivity index (χ4v) is 3.05. The zero-order valence-corrected chi connectivity index (χ0v) is 14.7. The summed E-state index contributed by atoms with van der Waals surface area (Å²) < 4.78 is 0. The number of hydrogen-bond donors (Lipinski definition) is 0. The van der Waals surface area contributed by atoms with Gasteiger partial charge in [-0.15, -0.1) is 0 Å². The number of hydrogen-bond acceptors (Lipinski definition) is 5. The van der Waals surface area contributed by atoms with Crippen molar-refractivity contribution in [3.8, 4) is 6.07 Å². The number of amides is 1. The first-order valence-corrected chi connectivity index (χ1v) is 8.79. The quantitative estimate of drug-likeness (QED) is 0.762. The molecular formula is C18H27N5O. The molecule has 6 heteroatoms. The Bertz CT molecular complexity index is 569. The standard InChI is InChI=1S/C18H27N5O/c1-3-8-22(9-4-2)17(24)15-21-10-12-23(13-11-21)18-16(14-19)6-5-7-20-18/h5-7H,3-4,8-13,15H2,1-2H3. The molecule has 0 radical (unpaired) electrons. The van der Waals surface area contributed by atoms with Crippen molar-refractivity contribution in [2.24, 2.45) is 0 Å². The third-order valence-electron chi connectivity index (χ3n) is 4.28. The van der Waals surface area contributed by atoms with E-state index in [0.717, 1.165) is 57.9 Å². The van der Waals surface area contributed by atoms with E-state index in [9.17, 15) is 10.1 Å². The van der Waals surface area contributed by atoms with Crippen LogP contribution in [0.3, 0.4) is 0 Å². The van der Waals surface area contributed by atoms with Crippen molar-refractivity contribution >= 4 is 11.7 Å².